The van der Waals surface area contributed by atoms with Crippen molar-refractivity contribution in [1.82, 2.24) is 21.2 Å². The lowest BCUT2D eigenvalue weighted by atomic mass is 10.0. The minimum Gasteiger partial charge on any atom is -0.484 e. The highest BCUT2D eigenvalue weighted by atomic mass is 32.1. The first-order chi connectivity index (χ1) is 12.0. The zero-order chi connectivity index (χ0) is 18.2. The molecule has 1 aromatic carbocycles. The van der Waals surface area contributed by atoms with Crippen LogP contribution in [0.4, 0.5) is 0 Å². The summed E-state index contributed by atoms with van der Waals surface area (Å²) in [5, 5.41) is 2.40. The lowest BCUT2D eigenvalue weighted by Gasteiger charge is -2.11. The molecule has 1 aromatic heterocycles. The Hall–Kier alpha value is -2.87. The van der Waals surface area contributed by atoms with Gasteiger partial charge in [0.1, 0.15) is 11.4 Å². The highest BCUT2D eigenvalue weighted by Gasteiger charge is 2.09. The second-order valence-corrected chi connectivity index (χ2v) is 5.96. The molecule has 0 spiro atoms. The highest BCUT2D eigenvalue weighted by Crippen LogP contribution is 2.18. The summed E-state index contributed by atoms with van der Waals surface area (Å²) in [4.78, 5) is 26.2. The Morgan fingerprint density at radius 2 is 1.88 bits per heavy atom. The lowest BCUT2D eigenvalue weighted by Crippen LogP contribution is -2.49. The van der Waals surface area contributed by atoms with Gasteiger partial charge in [-0.05, 0) is 48.0 Å². The summed E-state index contributed by atoms with van der Waals surface area (Å²) in [6.07, 6.45) is 1.62. The molecule has 132 valence electrons. The number of aromatic amines is 1. The SMILES string of the molecule is CC(C)c1ccc(OCC(=O)NNC(=S)NC(=O)c2ccc[nH]2)cc1. The van der Waals surface area contributed by atoms with E-state index in [0.717, 1.165) is 0 Å². The van der Waals surface area contributed by atoms with Crippen LogP contribution in [0.1, 0.15) is 35.8 Å². The fourth-order valence-electron chi connectivity index (χ4n) is 1.93. The molecule has 25 heavy (non-hydrogen) atoms. The molecule has 2 aromatic rings. The number of rotatable bonds is 5. The van der Waals surface area contributed by atoms with Gasteiger partial charge in [0, 0.05) is 6.20 Å². The fourth-order valence-corrected chi connectivity index (χ4v) is 2.08. The van der Waals surface area contributed by atoms with Crippen molar-refractivity contribution in [3.63, 3.8) is 0 Å². The largest absolute Gasteiger partial charge is 0.484 e. The van der Waals surface area contributed by atoms with Crippen molar-refractivity contribution >= 4 is 29.1 Å². The number of nitrogens with one attached hydrogen (secondary N) is 4. The summed E-state index contributed by atoms with van der Waals surface area (Å²) in [6.45, 7) is 4.03. The van der Waals surface area contributed by atoms with Gasteiger partial charge in [-0.3, -0.25) is 25.8 Å². The number of ether oxygens (including phenoxy) is 1. The minimum atomic E-state index is -0.426. The summed E-state index contributed by atoms with van der Waals surface area (Å²) in [7, 11) is 0. The first-order valence-electron chi connectivity index (χ1n) is 7.72. The average molecular weight is 360 g/mol. The third kappa shape index (κ3) is 5.92. The van der Waals surface area contributed by atoms with Crippen LogP contribution >= 0.6 is 12.2 Å². The second kappa shape index (κ2) is 8.84. The summed E-state index contributed by atoms with van der Waals surface area (Å²) in [6, 6.07) is 10.9. The van der Waals surface area contributed by atoms with Crippen molar-refractivity contribution in [3.8, 4) is 5.75 Å². The number of thiocarbonyl (C=S) groups is 1. The van der Waals surface area contributed by atoms with Gasteiger partial charge in [0.05, 0.1) is 0 Å². The summed E-state index contributed by atoms with van der Waals surface area (Å²) in [5.41, 5.74) is 6.35. The summed E-state index contributed by atoms with van der Waals surface area (Å²) in [5.74, 6) is 0.202. The molecule has 0 aliphatic rings. The van der Waals surface area contributed by atoms with Crippen molar-refractivity contribution in [2.24, 2.45) is 0 Å². The highest BCUT2D eigenvalue weighted by molar-refractivity contribution is 7.80. The van der Waals surface area contributed by atoms with Gasteiger partial charge in [0.2, 0.25) is 0 Å². The van der Waals surface area contributed by atoms with E-state index in [0.29, 0.717) is 17.4 Å². The number of benzene rings is 1. The number of hydrogen-bond acceptors (Lipinski definition) is 4. The van der Waals surface area contributed by atoms with Crippen LogP contribution in [0.3, 0.4) is 0 Å². The van der Waals surface area contributed by atoms with Crippen LogP contribution in [-0.2, 0) is 4.79 Å². The molecule has 0 fully saturated rings. The maximum Gasteiger partial charge on any atom is 0.276 e. The van der Waals surface area contributed by atoms with Crippen LogP contribution in [0.5, 0.6) is 5.75 Å². The first-order valence-corrected chi connectivity index (χ1v) is 8.13. The molecule has 0 atom stereocenters. The number of H-pyrrole nitrogens is 1. The monoisotopic (exact) mass is 360 g/mol. The smallest absolute Gasteiger partial charge is 0.276 e. The molecule has 8 heteroatoms. The topological polar surface area (TPSA) is 95.2 Å². The van der Waals surface area contributed by atoms with Crippen molar-refractivity contribution < 1.29 is 14.3 Å². The van der Waals surface area contributed by atoms with Gasteiger partial charge in [-0.15, -0.1) is 0 Å². The minimum absolute atomic E-state index is 0.0192. The van der Waals surface area contributed by atoms with Crippen molar-refractivity contribution in [3.05, 3.63) is 53.9 Å². The Labute approximate surface area is 151 Å². The number of hydrogen-bond donors (Lipinski definition) is 4. The standard InChI is InChI=1S/C17H20N4O3S/c1-11(2)12-5-7-13(8-6-12)24-10-15(22)20-21-17(25)19-16(23)14-4-3-9-18-14/h3-9,11,18H,10H2,1-2H3,(H,20,22)(H2,19,21,23,25). The molecule has 0 saturated carbocycles. The number of amides is 2. The molecule has 4 N–H and O–H groups in total. The van der Waals surface area contributed by atoms with E-state index in [1.807, 2.05) is 24.3 Å². The average Bonchev–Trinajstić information content (AvgIpc) is 3.13. The second-order valence-electron chi connectivity index (χ2n) is 5.55. The van der Waals surface area contributed by atoms with E-state index in [1.165, 1.54) is 5.56 Å². The van der Waals surface area contributed by atoms with Gasteiger partial charge in [-0.25, -0.2) is 0 Å². The predicted molar refractivity (Wildman–Crippen MR) is 98.2 cm³/mol. The molecule has 2 rings (SSSR count). The number of aromatic nitrogens is 1. The van der Waals surface area contributed by atoms with Crippen LogP contribution in [0.25, 0.3) is 0 Å². The Morgan fingerprint density at radius 1 is 1.16 bits per heavy atom. The van der Waals surface area contributed by atoms with Gasteiger partial charge in [0.25, 0.3) is 11.8 Å². The fraction of sp³-hybridized carbons (Fsp3) is 0.235. The zero-order valence-electron chi connectivity index (χ0n) is 14.0. The van der Waals surface area contributed by atoms with E-state index >= 15 is 0 Å². The van der Waals surface area contributed by atoms with Gasteiger partial charge in [-0.1, -0.05) is 26.0 Å². The molecular formula is C17H20N4O3S. The normalized spacial score (nSPS) is 10.2. The van der Waals surface area contributed by atoms with E-state index in [9.17, 15) is 9.59 Å². The summed E-state index contributed by atoms with van der Waals surface area (Å²) >= 11 is 4.93. The van der Waals surface area contributed by atoms with E-state index in [4.69, 9.17) is 17.0 Å². The Kier molecular flexibility index (Phi) is 6.53. The molecule has 0 bridgehead atoms. The third-order valence-corrected chi connectivity index (χ3v) is 3.51. The summed E-state index contributed by atoms with van der Waals surface area (Å²) < 4.78 is 5.39. The maximum absolute atomic E-state index is 11.7. The van der Waals surface area contributed by atoms with E-state index in [1.54, 1.807) is 18.3 Å². The molecule has 2 amide bonds. The third-order valence-electron chi connectivity index (χ3n) is 3.30. The number of carbonyl (C=O) groups excluding carboxylic acids is 2. The lowest BCUT2D eigenvalue weighted by molar-refractivity contribution is -0.123. The van der Waals surface area contributed by atoms with E-state index in [-0.39, 0.29) is 11.7 Å². The first kappa shape index (κ1) is 18.5. The van der Waals surface area contributed by atoms with Gasteiger partial charge in [0.15, 0.2) is 11.7 Å². The Bertz CT molecular complexity index is 727. The predicted octanol–water partition coefficient (Wildman–Crippen LogP) is 1.85. The molecule has 0 saturated heterocycles. The van der Waals surface area contributed by atoms with Crippen LogP contribution < -0.4 is 20.9 Å². The van der Waals surface area contributed by atoms with Gasteiger partial charge in [-0.2, -0.15) is 0 Å². The Morgan fingerprint density at radius 3 is 2.48 bits per heavy atom. The zero-order valence-corrected chi connectivity index (χ0v) is 14.8. The van der Waals surface area contributed by atoms with E-state index in [2.05, 4.69) is 35.0 Å². The molecule has 0 aliphatic carbocycles. The molecule has 1 heterocycles. The van der Waals surface area contributed by atoms with Crippen molar-refractivity contribution in [1.29, 1.82) is 0 Å². The molecule has 7 nitrogen and oxygen atoms in total. The molecule has 0 aliphatic heterocycles. The van der Waals surface area contributed by atoms with Crippen LogP contribution in [-0.4, -0.2) is 28.5 Å². The molecule has 0 unspecified atom stereocenters. The van der Waals surface area contributed by atoms with Gasteiger partial charge >= 0.3 is 0 Å². The van der Waals surface area contributed by atoms with Crippen molar-refractivity contribution in [2.75, 3.05) is 6.61 Å². The maximum atomic E-state index is 11.7. The van der Waals surface area contributed by atoms with Crippen LogP contribution in [0.15, 0.2) is 42.6 Å². The van der Waals surface area contributed by atoms with Crippen LogP contribution in [0.2, 0.25) is 0 Å². The van der Waals surface area contributed by atoms with Gasteiger partial charge < -0.3 is 9.72 Å². The quantitative estimate of drug-likeness (QED) is 0.482. The van der Waals surface area contributed by atoms with Crippen molar-refractivity contribution in [2.45, 2.75) is 19.8 Å². The van der Waals surface area contributed by atoms with Crippen LogP contribution in [0, 0.1) is 0 Å². The number of hydrazine groups is 1. The number of carbonyl (C=O) groups is 2. The van der Waals surface area contributed by atoms with E-state index < -0.39 is 11.8 Å². The molecular weight excluding hydrogens is 340 g/mol. The Balaban J connectivity index is 1.69. The molecule has 0 radical (unpaired) electrons.